The molecule has 1 aliphatic heterocycles. The van der Waals surface area contributed by atoms with Gasteiger partial charge in [-0.25, -0.2) is 4.79 Å². The van der Waals surface area contributed by atoms with Crippen molar-refractivity contribution in [2.75, 3.05) is 13.1 Å². The number of urea groups is 1. The van der Waals surface area contributed by atoms with Gasteiger partial charge < -0.3 is 14.8 Å². The quantitative estimate of drug-likeness (QED) is 0.802. The number of hydrogen-bond acceptors (Lipinski definition) is 1. The number of fused-ring (bicyclic) bond motifs is 1. The molecule has 4 nitrogen and oxygen atoms in total. The van der Waals surface area contributed by atoms with Crippen molar-refractivity contribution in [3.05, 3.63) is 24.0 Å². The molecule has 2 heterocycles. The van der Waals surface area contributed by atoms with Crippen LogP contribution in [0.25, 0.3) is 0 Å². The van der Waals surface area contributed by atoms with Crippen LogP contribution >= 0.6 is 0 Å². The number of nitrogens with zero attached hydrogens (tertiary/aromatic N) is 2. The number of carbonyl (C=O) groups excluding carboxylic acids is 1. The summed E-state index contributed by atoms with van der Waals surface area (Å²) in [5.74, 6) is 0. The van der Waals surface area contributed by atoms with E-state index in [-0.39, 0.29) is 12.1 Å². The van der Waals surface area contributed by atoms with E-state index in [2.05, 4.69) is 36.0 Å². The Morgan fingerprint density at radius 3 is 3.12 bits per heavy atom. The van der Waals surface area contributed by atoms with Crippen LogP contribution in [0.4, 0.5) is 4.79 Å². The largest absolute Gasteiger partial charge is 0.348 e. The van der Waals surface area contributed by atoms with E-state index in [1.807, 2.05) is 11.0 Å². The lowest BCUT2D eigenvalue weighted by molar-refractivity contribution is 0.162. The van der Waals surface area contributed by atoms with Crippen molar-refractivity contribution in [3.8, 4) is 0 Å². The fourth-order valence-electron chi connectivity index (χ4n) is 2.33. The molecule has 1 aliphatic rings. The molecule has 94 valence electrons. The first-order valence-electron chi connectivity index (χ1n) is 6.43. The van der Waals surface area contributed by atoms with Crippen LogP contribution in [-0.2, 0) is 6.54 Å². The minimum atomic E-state index is 0.0680. The molecule has 1 atom stereocenters. The Morgan fingerprint density at radius 1 is 1.53 bits per heavy atom. The highest BCUT2D eigenvalue weighted by molar-refractivity contribution is 5.74. The van der Waals surface area contributed by atoms with Gasteiger partial charge in [0.15, 0.2) is 0 Å². The molecule has 0 saturated heterocycles. The summed E-state index contributed by atoms with van der Waals surface area (Å²) in [6.45, 7) is 6.68. The molecular formula is C13H21N3O. The molecule has 1 aromatic heterocycles. The zero-order chi connectivity index (χ0) is 12.3. The van der Waals surface area contributed by atoms with E-state index < -0.39 is 0 Å². The second-order valence-corrected chi connectivity index (χ2v) is 4.58. The zero-order valence-corrected chi connectivity index (χ0v) is 10.6. The van der Waals surface area contributed by atoms with Crippen LogP contribution in [0, 0.1) is 0 Å². The second kappa shape index (κ2) is 5.25. The molecule has 17 heavy (non-hydrogen) atoms. The highest BCUT2D eigenvalue weighted by Crippen LogP contribution is 2.24. The first-order chi connectivity index (χ1) is 8.24. The Balaban J connectivity index is 1.97. The Morgan fingerprint density at radius 2 is 2.35 bits per heavy atom. The summed E-state index contributed by atoms with van der Waals surface area (Å²) in [6, 6.07) is 4.37. The molecule has 1 N–H and O–H groups in total. The summed E-state index contributed by atoms with van der Waals surface area (Å²) in [5, 5.41) is 2.98. The van der Waals surface area contributed by atoms with Crippen molar-refractivity contribution >= 4 is 6.03 Å². The summed E-state index contributed by atoms with van der Waals surface area (Å²) in [4.78, 5) is 13.9. The number of aromatic nitrogens is 1. The molecule has 0 fully saturated rings. The van der Waals surface area contributed by atoms with Crippen LogP contribution in [0.15, 0.2) is 18.3 Å². The van der Waals surface area contributed by atoms with E-state index in [0.29, 0.717) is 0 Å². The molecule has 0 spiro atoms. The maximum absolute atomic E-state index is 12.0. The Kier molecular flexibility index (Phi) is 3.71. The van der Waals surface area contributed by atoms with Gasteiger partial charge in [0, 0.05) is 31.5 Å². The topological polar surface area (TPSA) is 37.3 Å². The number of hydrogen-bond donors (Lipinski definition) is 1. The van der Waals surface area contributed by atoms with Crippen LogP contribution in [0.2, 0.25) is 0 Å². The maximum Gasteiger partial charge on any atom is 0.318 e. The summed E-state index contributed by atoms with van der Waals surface area (Å²) in [6.07, 6.45) is 4.24. The van der Waals surface area contributed by atoms with Gasteiger partial charge in [0.05, 0.1) is 6.04 Å². The van der Waals surface area contributed by atoms with E-state index in [4.69, 9.17) is 0 Å². The third-order valence-electron chi connectivity index (χ3n) is 3.41. The number of nitrogens with one attached hydrogen (secondary N) is 1. The minimum Gasteiger partial charge on any atom is -0.348 e. The maximum atomic E-state index is 12.0. The van der Waals surface area contributed by atoms with Gasteiger partial charge >= 0.3 is 6.03 Å². The molecule has 0 bridgehead atoms. The van der Waals surface area contributed by atoms with Gasteiger partial charge in [-0.2, -0.15) is 0 Å². The summed E-state index contributed by atoms with van der Waals surface area (Å²) >= 11 is 0. The standard InChI is InChI=1S/C13H21N3O/c1-3-4-7-14-13(17)16-10-9-15-8-5-6-12(15)11(16)2/h5-6,8,11H,3-4,7,9-10H2,1-2H3,(H,14,17)/t11-/m1/s1. The van der Waals surface area contributed by atoms with Crippen molar-refractivity contribution in [2.45, 2.75) is 39.3 Å². The fourth-order valence-corrected chi connectivity index (χ4v) is 2.33. The van der Waals surface area contributed by atoms with E-state index in [1.165, 1.54) is 5.69 Å². The third-order valence-corrected chi connectivity index (χ3v) is 3.41. The number of carbonyl (C=O) groups is 1. The zero-order valence-electron chi connectivity index (χ0n) is 10.6. The van der Waals surface area contributed by atoms with Gasteiger partial charge in [-0.15, -0.1) is 0 Å². The highest BCUT2D eigenvalue weighted by Gasteiger charge is 2.26. The Hall–Kier alpha value is -1.45. The average molecular weight is 235 g/mol. The first-order valence-corrected chi connectivity index (χ1v) is 6.43. The Labute approximate surface area is 103 Å². The lowest BCUT2D eigenvalue weighted by Crippen LogP contribution is -2.46. The fraction of sp³-hybridized carbons (Fsp3) is 0.615. The predicted octanol–water partition coefficient (Wildman–Crippen LogP) is 2.37. The predicted molar refractivity (Wildman–Crippen MR) is 67.9 cm³/mol. The summed E-state index contributed by atoms with van der Waals surface area (Å²) in [5.41, 5.74) is 1.22. The van der Waals surface area contributed by atoms with E-state index in [1.54, 1.807) is 0 Å². The molecule has 2 rings (SSSR count). The van der Waals surface area contributed by atoms with Crippen molar-refractivity contribution < 1.29 is 4.79 Å². The van der Waals surface area contributed by atoms with Gasteiger partial charge in [0.25, 0.3) is 0 Å². The van der Waals surface area contributed by atoms with Crippen molar-refractivity contribution in [2.24, 2.45) is 0 Å². The van der Waals surface area contributed by atoms with Crippen molar-refractivity contribution in [1.29, 1.82) is 0 Å². The van der Waals surface area contributed by atoms with Gasteiger partial charge in [0.1, 0.15) is 0 Å². The molecule has 4 heteroatoms. The molecule has 0 aromatic carbocycles. The normalized spacial score (nSPS) is 18.9. The van der Waals surface area contributed by atoms with Crippen LogP contribution in [0.3, 0.4) is 0 Å². The van der Waals surface area contributed by atoms with Crippen LogP contribution in [0.1, 0.15) is 38.4 Å². The minimum absolute atomic E-state index is 0.0680. The first kappa shape index (κ1) is 12.0. The molecule has 1 aromatic rings. The van der Waals surface area contributed by atoms with Gasteiger partial charge in [-0.3, -0.25) is 0 Å². The lowest BCUT2D eigenvalue weighted by atomic mass is 10.1. The summed E-state index contributed by atoms with van der Waals surface area (Å²) < 4.78 is 2.22. The van der Waals surface area contributed by atoms with Gasteiger partial charge in [-0.1, -0.05) is 13.3 Å². The molecule has 2 amide bonds. The molecular weight excluding hydrogens is 214 g/mol. The van der Waals surface area contributed by atoms with Crippen LogP contribution < -0.4 is 5.32 Å². The van der Waals surface area contributed by atoms with E-state index in [9.17, 15) is 4.79 Å². The third kappa shape index (κ3) is 2.46. The van der Waals surface area contributed by atoms with Crippen LogP contribution in [-0.4, -0.2) is 28.6 Å². The van der Waals surface area contributed by atoms with Gasteiger partial charge in [-0.05, 0) is 25.5 Å². The number of rotatable bonds is 3. The van der Waals surface area contributed by atoms with Gasteiger partial charge in [0.2, 0.25) is 0 Å². The highest BCUT2D eigenvalue weighted by atomic mass is 16.2. The molecule has 0 unspecified atom stereocenters. The van der Waals surface area contributed by atoms with E-state index >= 15 is 0 Å². The van der Waals surface area contributed by atoms with Crippen LogP contribution in [0.5, 0.6) is 0 Å². The average Bonchev–Trinajstić information content (AvgIpc) is 2.78. The Bertz CT molecular complexity index is 386. The molecule has 0 aliphatic carbocycles. The second-order valence-electron chi connectivity index (χ2n) is 4.58. The SMILES string of the molecule is CCCCNC(=O)N1CCn2cccc2[C@H]1C. The molecule has 0 radical (unpaired) electrons. The van der Waals surface area contributed by atoms with Crippen molar-refractivity contribution in [3.63, 3.8) is 0 Å². The smallest absolute Gasteiger partial charge is 0.318 e. The summed E-state index contributed by atoms with van der Waals surface area (Å²) in [7, 11) is 0. The number of amides is 2. The van der Waals surface area contributed by atoms with E-state index in [0.717, 1.165) is 32.5 Å². The monoisotopic (exact) mass is 235 g/mol. The number of unbranched alkanes of at least 4 members (excludes halogenated alkanes) is 1. The lowest BCUT2D eigenvalue weighted by Gasteiger charge is -2.34. The molecule has 0 saturated carbocycles. The van der Waals surface area contributed by atoms with Crippen molar-refractivity contribution in [1.82, 2.24) is 14.8 Å².